The van der Waals surface area contributed by atoms with E-state index in [2.05, 4.69) is 26.8 Å². The fourth-order valence-corrected chi connectivity index (χ4v) is 2.61. The lowest BCUT2D eigenvalue weighted by molar-refractivity contribution is 0.0207. The smallest absolute Gasteiger partial charge is 0.0630 e. The summed E-state index contributed by atoms with van der Waals surface area (Å²) in [7, 11) is 1.76. The highest BCUT2D eigenvalue weighted by Crippen LogP contribution is 2.27. The number of nitrogen functional groups attached to an aromatic ring is 1. The van der Waals surface area contributed by atoms with E-state index in [0.29, 0.717) is 0 Å². The third-order valence-corrected chi connectivity index (χ3v) is 3.89. The molecule has 0 aliphatic heterocycles. The maximum absolute atomic E-state index is 5.77. The summed E-state index contributed by atoms with van der Waals surface area (Å²) in [6, 6.07) is 6.05. The van der Waals surface area contributed by atoms with E-state index in [4.69, 9.17) is 10.5 Å². The maximum Gasteiger partial charge on any atom is 0.0630 e. The van der Waals surface area contributed by atoms with Crippen LogP contribution in [0.5, 0.6) is 0 Å². The van der Waals surface area contributed by atoms with Crippen LogP contribution in [0.1, 0.15) is 25.8 Å². The molecule has 1 aromatic carbocycles. The highest BCUT2D eigenvalue weighted by atomic mass is 32.2. The van der Waals surface area contributed by atoms with E-state index < -0.39 is 0 Å². The van der Waals surface area contributed by atoms with E-state index in [1.165, 1.54) is 10.5 Å². The Balaban J connectivity index is 2.52. The molecule has 2 N–H and O–H groups in total. The molecule has 2 nitrogen and oxygen atoms in total. The molecular formula is C13H21NOS. The van der Waals surface area contributed by atoms with Gasteiger partial charge in [-0.1, -0.05) is 6.07 Å². The normalized spacial score (nSPS) is 11.8. The third-order valence-electron chi connectivity index (χ3n) is 2.73. The highest BCUT2D eigenvalue weighted by Gasteiger charge is 2.15. The minimum absolute atomic E-state index is 0.0404. The van der Waals surface area contributed by atoms with Gasteiger partial charge in [0.05, 0.1) is 5.60 Å². The van der Waals surface area contributed by atoms with Crippen LogP contribution in [-0.4, -0.2) is 18.5 Å². The molecule has 0 aromatic heterocycles. The van der Waals surface area contributed by atoms with Crippen molar-refractivity contribution in [3.8, 4) is 0 Å². The van der Waals surface area contributed by atoms with Gasteiger partial charge in [0.25, 0.3) is 0 Å². The summed E-state index contributed by atoms with van der Waals surface area (Å²) in [5.74, 6) is 1.05. The molecule has 0 unspecified atom stereocenters. The predicted octanol–water partition coefficient (Wildman–Crippen LogP) is 3.48. The molecular weight excluding hydrogens is 218 g/mol. The Morgan fingerprint density at radius 2 is 2.06 bits per heavy atom. The van der Waals surface area contributed by atoms with Gasteiger partial charge in [-0.25, -0.2) is 0 Å². The van der Waals surface area contributed by atoms with Gasteiger partial charge in [-0.2, -0.15) is 0 Å². The Bertz CT molecular complexity index is 350. The van der Waals surface area contributed by atoms with Crippen molar-refractivity contribution >= 4 is 17.4 Å². The first kappa shape index (κ1) is 13.4. The Morgan fingerprint density at radius 3 is 2.69 bits per heavy atom. The maximum atomic E-state index is 5.77. The van der Waals surface area contributed by atoms with Gasteiger partial charge in [0.2, 0.25) is 0 Å². The Hall–Kier alpha value is -0.670. The summed E-state index contributed by atoms with van der Waals surface area (Å²) in [5.41, 5.74) is 7.85. The Kier molecular flexibility index (Phi) is 4.69. The minimum Gasteiger partial charge on any atom is -0.399 e. The van der Waals surface area contributed by atoms with Crippen molar-refractivity contribution in [2.24, 2.45) is 0 Å². The summed E-state index contributed by atoms with van der Waals surface area (Å²) < 4.78 is 5.39. The van der Waals surface area contributed by atoms with Crippen LogP contribution >= 0.6 is 11.8 Å². The first-order chi connectivity index (χ1) is 7.44. The van der Waals surface area contributed by atoms with Crippen molar-refractivity contribution in [1.29, 1.82) is 0 Å². The largest absolute Gasteiger partial charge is 0.399 e. The molecule has 0 heterocycles. The van der Waals surface area contributed by atoms with Crippen molar-refractivity contribution in [3.05, 3.63) is 23.8 Å². The van der Waals surface area contributed by atoms with Crippen LogP contribution < -0.4 is 5.73 Å². The second kappa shape index (κ2) is 5.60. The topological polar surface area (TPSA) is 35.2 Å². The summed E-state index contributed by atoms with van der Waals surface area (Å²) in [5, 5.41) is 0. The lowest BCUT2D eigenvalue weighted by Gasteiger charge is -2.22. The van der Waals surface area contributed by atoms with Gasteiger partial charge in [-0.05, 0) is 44.9 Å². The molecule has 1 aromatic rings. The van der Waals surface area contributed by atoms with Crippen molar-refractivity contribution in [3.63, 3.8) is 0 Å². The zero-order valence-corrected chi connectivity index (χ0v) is 11.4. The van der Waals surface area contributed by atoms with Crippen LogP contribution in [0.4, 0.5) is 5.69 Å². The first-order valence-electron chi connectivity index (χ1n) is 5.49. The van der Waals surface area contributed by atoms with Gasteiger partial charge in [0, 0.05) is 23.4 Å². The summed E-state index contributed by atoms with van der Waals surface area (Å²) >= 11 is 1.84. The predicted molar refractivity (Wildman–Crippen MR) is 72.0 cm³/mol. The number of thioether (sulfide) groups is 1. The molecule has 0 amide bonds. The SMILES string of the molecule is COC(C)(C)CCSc1cc(N)ccc1C. The number of aryl methyl sites for hydroxylation is 1. The van der Waals surface area contributed by atoms with E-state index in [-0.39, 0.29) is 5.60 Å². The van der Waals surface area contributed by atoms with Crippen LogP contribution in [0.25, 0.3) is 0 Å². The van der Waals surface area contributed by atoms with Gasteiger partial charge in [-0.15, -0.1) is 11.8 Å². The second-order valence-electron chi connectivity index (χ2n) is 4.59. The number of rotatable bonds is 5. The molecule has 0 bridgehead atoms. The molecule has 16 heavy (non-hydrogen) atoms. The molecule has 3 heteroatoms. The number of nitrogens with two attached hydrogens (primary N) is 1. The van der Waals surface area contributed by atoms with Gasteiger partial charge in [-0.3, -0.25) is 0 Å². The third kappa shape index (κ3) is 4.06. The molecule has 1 rings (SSSR count). The van der Waals surface area contributed by atoms with Crippen molar-refractivity contribution in [1.82, 2.24) is 0 Å². The zero-order valence-electron chi connectivity index (χ0n) is 10.5. The molecule has 0 radical (unpaired) electrons. The minimum atomic E-state index is -0.0404. The highest BCUT2D eigenvalue weighted by molar-refractivity contribution is 7.99. The standard InChI is InChI=1S/C13H21NOS/c1-10-5-6-11(14)9-12(10)16-8-7-13(2,3)15-4/h5-6,9H,7-8,14H2,1-4H3. The second-order valence-corrected chi connectivity index (χ2v) is 5.72. The Labute approximate surface area is 103 Å². The number of anilines is 1. The molecule has 0 atom stereocenters. The molecule has 0 saturated heterocycles. The number of ether oxygens (including phenoxy) is 1. The number of hydrogen-bond donors (Lipinski definition) is 1. The van der Waals surface area contributed by atoms with Crippen LogP contribution in [0.15, 0.2) is 23.1 Å². The van der Waals surface area contributed by atoms with Crippen molar-refractivity contribution < 1.29 is 4.74 Å². The fraction of sp³-hybridized carbons (Fsp3) is 0.538. The summed E-state index contributed by atoms with van der Waals surface area (Å²) in [4.78, 5) is 1.27. The van der Waals surface area contributed by atoms with E-state index in [0.717, 1.165) is 17.9 Å². The number of benzene rings is 1. The average molecular weight is 239 g/mol. The first-order valence-corrected chi connectivity index (χ1v) is 6.47. The quantitative estimate of drug-likeness (QED) is 0.631. The van der Waals surface area contributed by atoms with E-state index >= 15 is 0 Å². The van der Waals surface area contributed by atoms with E-state index in [1.54, 1.807) is 7.11 Å². The lowest BCUT2D eigenvalue weighted by atomic mass is 10.1. The summed E-state index contributed by atoms with van der Waals surface area (Å²) in [6.07, 6.45) is 1.03. The van der Waals surface area contributed by atoms with E-state index in [1.807, 2.05) is 23.9 Å². The zero-order chi connectivity index (χ0) is 12.2. The van der Waals surface area contributed by atoms with E-state index in [9.17, 15) is 0 Å². The van der Waals surface area contributed by atoms with Crippen LogP contribution in [0.2, 0.25) is 0 Å². The van der Waals surface area contributed by atoms with Crippen LogP contribution in [0.3, 0.4) is 0 Å². The van der Waals surface area contributed by atoms with Crippen molar-refractivity contribution in [2.75, 3.05) is 18.6 Å². The molecule has 0 aliphatic rings. The van der Waals surface area contributed by atoms with Gasteiger partial charge < -0.3 is 10.5 Å². The van der Waals surface area contributed by atoms with Crippen LogP contribution in [-0.2, 0) is 4.74 Å². The van der Waals surface area contributed by atoms with Gasteiger partial charge in [0.15, 0.2) is 0 Å². The van der Waals surface area contributed by atoms with Gasteiger partial charge >= 0.3 is 0 Å². The number of hydrogen-bond acceptors (Lipinski definition) is 3. The molecule has 90 valence electrons. The monoisotopic (exact) mass is 239 g/mol. The average Bonchev–Trinajstić information content (AvgIpc) is 2.23. The molecule has 0 saturated carbocycles. The van der Waals surface area contributed by atoms with Crippen molar-refractivity contribution in [2.45, 2.75) is 37.7 Å². The molecule has 0 aliphatic carbocycles. The molecule has 0 fully saturated rings. The van der Waals surface area contributed by atoms with Gasteiger partial charge in [0.1, 0.15) is 0 Å². The fourth-order valence-electron chi connectivity index (χ4n) is 1.28. The number of methoxy groups -OCH3 is 1. The van der Waals surface area contributed by atoms with Crippen LogP contribution in [0, 0.1) is 6.92 Å². The molecule has 0 spiro atoms. The Morgan fingerprint density at radius 1 is 1.38 bits per heavy atom. The lowest BCUT2D eigenvalue weighted by Crippen LogP contribution is -2.22. The summed E-state index contributed by atoms with van der Waals surface area (Å²) in [6.45, 7) is 6.34.